The number of carbonyl (C=O) groups is 1. The van der Waals surface area contributed by atoms with E-state index in [2.05, 4.69) is 5.32 Å². The minimum Gasteiger partial charge on any atom is -0.481 e. The average Bonchev–Trinajstić information content (AvgIpc) is 2.41. The van der Waals surface area contributed by atoms with Crippen LogP contribution in [-0.2, 0) is 4.79 Å². The number of aliphatic carboxylic acids is 1. The van der Waals surface area contributed by atoms with Crippen LogP contribution < -0.4 is 5.32 Å². The first-order chi connectivity index (χ1) is 9.92. The molecule has 2 rings (SSSR count). The Balaban J connectivity index is 2.24. The first kappa shape index (κ1) is 16.0. The lowest BCUT2D eigenvalue weighted by Gasteiger charge is -2.38. The van der Waals surface area contributed by atoms with Crippen LogP contribution in [0.2, 0.25) is 0 Å². The Morgan fingerprint density at radius 2 is 2.05 bits per heavy atom. The zero-order valence-electron chi connectivity index (χ0n) is 11.5. The lowest BCUT2D eigenvalue weighted by atomic mass is 9.79. The lowest BCUT2D eigenvalue weighted by Crippen LogP contribution is -2.42. The summed E-state index contributed by atoms with van der Waals surface area (Å²) in [4.78, 5) is 21.5. The van der Waals surface area contributed by atoms with Crippen LogP contribution in [0.3, 0.4) is 0 Å². The number of non-ortho nitro benzene ring substituents is 1. The Bertz CT molecular complexity index is 556. The van der Waals surface area contributed by atoms with Crippen LogP contribution in [0, 0.1) is 13.7 Å². The number of halogens is 1. The van der Waals surface area contributed by atoms with E-state index in [-0.39, 0.29) is 12.1 Å². The first-order valence-electron chi connectivity index (χ1n) is 6.86. The van der Waals surface area contributed by atoms with Gasteiger partial charge in [-0.2, -0.15) is 0 Å². The maximum atomic E-state index is 11.2. The topological polar surface area (TPSA) is 92.5 Å². The van der Waals surface area contributed by atoms with Gasteiger partial charge < -0.3 is 10.4 Å². The molecule has 1 aliphatic carbocycles. The Morgan fingerprint density at radius 1 is 1.38 bits per heavy atom. The minimum atomic E-state index is -0.818. The van der Waals surface area contributed by atoms with E-state index >= 15 is 0 Å². The van der Waals surface area contributed by atoms with Gasteiger partial charge in [0.25, 0.3) is 5.69 Å². The molecule has 1 aliphatic rings. The van der Waals surface area contributed by atoms with Crippen molar-refractivity contribution in [3.05, 3.63) is 31.9 Å². The van der Waals surface area contributed by atoms with Gasteiger partial charge in [-0.05, 0) is 41.5 Å². The van der Waals surface area contributed by atoms with Crippen LogP contribution in [0.15, 0.2) is 18.2 Å². The van der Waals surface area contributed by atoms with E-state index in [1.807, 2.05) is 22.6 Å². The molecular formula is C14H17IN2O4. The van der Waals surface area contributed by atoms with Gasteiger partial charge in [-0.3, -0.25) is 14.9 Å². The molecular weight excluding hydrogens is 387 g/mol. The van der Waals surface area contributed by atoms with Gasteiger partial charge in [-0.1, -0.05) is 19.3 Å². The van der Waals surface area contributed by atoms with E-state index < -0.39 is 16.4 Å². The molecule has 0 radical (unpaired) electrons. The Morgan fingerprint density at radius 3 is 2.57 bits per heavy atom. The molecule has 1 aromatic carbocycles. The number of anilines is 1. The Labute approximate surface area is 136 Å². The summed E-state index contributed by atoms with van der Waals surface area (Å²) in [6.07, 6.45) is 4.83. The second-order valence-corrected chi connectivity index (χ2v) is 6.62. The van der Waals surface area contributed by atoms with E-state index in [0.29, 0.717) is 0 Å². The highest BCUT2D eigenvalue weighted by Gasteiger charge is 2.34. The molecule has 1 fully saturated rings. The predicted octanol–water partition coefficient (Wildman–Crippen LogP) is 3.79. The van der Waals surface area contributed by atoms with Crippen molar-refractivity contribution in [2.24, 2.45) is 0 Å². The van der Waals surface area contributed by atoms with Crippen molar-refractivity contribution in [1.29, 1.82) is 0 Å². The van der Waals surface area contributed by atoms with Gasteiger partial charge in [0.2, 0.25) is 0 Å². The highest BCUT2D eigenvalue weighted by molar-refractivity contribution is 14.1. The average molecular weight is 404 g/mol. The van der Waals surface area contributed by atoms with Crippen molar-refractivity contribution in [2.75, 3.05) is 5.32 Å². The Hall–Kier alpha value is -1.38. The number of carboxylic acids is 1. The van der Waals surface area contributed by atoms with Gasteiger partial charge in [0.1, 0.15) is 0 Å². The summed E-state index contributed by atoms with van der Waals surface area (Å²) >= 11 is 2.04. The summed E-state index contributed by atoms with van der Waals surface area (Å²) < 4.78 is 0.733. The fraction of sp³-hybridized carbons (Fsp3) is 0.500. The second kappa shape index (κ2) is 6.59. The number of rotatable bonds is 5. The summed E-state index contributed by atoms with van der Waals surface area (Å²) in [6.45, 7) is 0. The van der Waals surface area contributed by atoms with Gasteiger partial charge in [-0.15, -0.1) is 0 Å². The predicted molar refractivity (Wildman–Crippen MR) is 87.5 cm³/mol. The van der Waals surface area contributed by atoms with Crippen LogP contribution >= 0.6 is 22.6 Å². The number of nitrogens with zero attached hydrogens (tertiary/aromatic N) is 1. The SMILES string of the molecule is O=C(O)CC1(Nc2ccc([N+](=O)[O-])cc2I)CCCCC1. The lowest BCUT2D eigenvalue weighted by molar-refractivity contribution is -0.384. The first-order valence-corrected chi connectivity index (χ1v) is 7.94. The molecule has 6 nitrogen and oxygen atoms in total. The zero-order valence-corrected chi connectivity index (χ0v) is 13.6. The van der Waals surface area contributed by atoms with Gasteiger partial charge in [-0.25, -0.2) is 0 Å². The van der Waals surface area contributed by atoms with E-state index in [1.54, 1.807) is 6.07 Å². The van der Waals surface area contributed by atoms with Gasteiger partial charge in [0.15, 0.2) is 0 Å². The summed E-state index contributed by atoms with van der Waals surface area (Å²) in [7, 11) is 0. The molecule has 7 heteroatoms. The molecule has 0 spiro atoms. The third kappa shape index (κ3) is 4.05. The molecule has 0 aromatic heterocycles. The highest BCUT2D eigenvalue weighted by Crippen LogP contribution is 2.36. The number of hydrogen-bond acceptors (Lipinski definition) is 4. The van der Waals surface area contributed by atoms with Crippen LogP contribution in [-0.4, -0.2) is 21.5 Å². The monoisotopic (exact) mass is 404 g/mol. The van der Waals surface area contributed by atoms with E-state index in [9.17, 15) is 14.9 Å². The fourth-order valence-electron chi connectivity index (χ4n) is 2.87. The van der Waals surface area contributed by atoms with E-state index in [0.717, 1.165) is 41.4 Å². The summed E-state index contributed by atoms with van der Waals surface area (Å²) in [5, 5.41) is 23.3. The molecule has 0 atom stereocenters. The fourth-order valence-corrected chi connectivity index (χ4v) is 3.50. The normalized spacial score (nSPS) is 17.2. The maximum Gasteiger partial charge on any atom is 0.305 e. The van der Waals surface area contributed by atoms with E-state index in [1.165, 1.54) is 12.1 Å². The van der Waals surface area contributed by atoms with Gasteiger partial charge >= 0.3 is 5.97 Å². The molecule has 0 amide bonds. The number of hydrogen-bond donors (Lipinski definition) is 2. The maximum absolute atomic E-state index is 11.2. The van der Waals surface area contributed by atoms with Crippen molar-refractivity contribution in [3.63, 3.8) is 0 Å². The van der Waals surface area contributed by atoms with Crippen LogP contribution in [0.5, 0.6) is 0 Å². The number of benzene rings is 1. The van der Waals surface area contributed by atoms with Crippen molar-refractivity contribution in [1.82, 2.24) is 0 Å². The molecule has 0 bridgehead atoms. The minimum absolute atomic E-state index is 0.0425. The van der Waals surface area contributed by atoms with Gasteiger partial charge in [0, 0.05) is 26.9 Å². The molecule has 2 N–H and O–H groups in total. The Kier molecular flexibility index (Phi) is 5.02. The summed E-state index contributed by atoms with van der Waals surface area (Å²) in [5.74, 6) is -0.818. The van der Waals surface area contributed by atoms with Crippen LogP contribution in [0.25, 0.3) is 0 Å². The molecule has 21 heavy (non-hydrogen) atoms. The molecule has 1 aromatic rings. The third-order valence-corrected chi connectivity index (χ3v) is 4.76. The number of nitrogens with one attached hydrogen (secondary N) is 1. The summed E-state index contributed by atoms with van der Waals surface area (Å²) in [5.41, 5.74) is 0.366. The van der Waals surface area contributed by atoms with Crippen LogP contribution in [0.4, 0.5) is 11.4 Å². The van der Waals surface area contributed by atoms with Crippen molar-refractivity contribution in [3.8, 4) is 0 Å². The van der Waals surface area contributed by atoms with E-state index in [4.69, 9.17) is 5.11 Å². The summed E-state index contributed by atoms with van der Waals surface area (Å²) in [6, 6.07) is 4.61. The van der Waals surface area contributed by atoms with Crippen molar-refractivity contribution < 1.29 is 14.8 Å². The van der Waals surface area contributed by atoms with Crippen LogP contribution in [0.1, 0.15) is 38.5 Å². The smallest absolute Gasteiger partial charge is 0.305 e. The number of nitro groups is 1. The largest absolute Gasteiger partial charge is 0.481 e. The molecule has 0 heterocycles. The molecule has 1 saturated carbocycles. The molecule has 114 valence electrons. The number of carboxylic acid groups (broad SMARTS) is 1. The highest BCUT2D eigenvalue weighted by atomic mass is 127. The van der Waals surface area contributed by atoms with Crippen molar-refractivity contribution >= 4 is 39.9 Å². The second-order valence-electron chi connectivity index (χ2n) is 5.46. The quantitative estimate of drug-likeness (QED) is 0.443. The molecule has 0 saturated heterocycles. The molecule has 0 unspecified atom stereocenters. The number of nitro benzene ring substituents is 1. The van der Waals surface area contributed by atoms with Gasteiger partial charge in [0.05, 0.1) is 11.3 Å². The standard InChI is InChI=1S/C14H17IN2O4/c15-11-8-10(17(20)21)4-5-12(11)16-14(9-13(18)19)6-2-1-3-7-14/h4-5,8,16H,1-3,6-7,9H2,(H,18,19). The zero-order chi connectivity index (χ0) is 15.5. The molecule has 0 aliphatic heterocycles. The third-order valence-electron chi connectivity index (χ3n) is 3.86. The van der Waals surface area contributed by atoms with Crippen molar-refractivity contribution in [2.45, 2.75) is 44.1 Å².